The largest absolute Gasteiger partial charge is 0.496 e. The lowest BCUT2D eigenvalue weighted by molar-refractivity contribution is 0.00578. The maximum atomic E-state index is 12.8. The van der Waals surface area contributed by atoms with Gasteiger partial charge in [0.15, 0.2) is 0 Å². The molecule has 7 heteroatoms. The summed E-state index contributed by atoms with van der Waals surface area (Å²) in [5, 5.41) is 3.83. The molecule has 2 saturated heterocycles. The Morgan fingerprint density at radius 1 is 1.28 bits per heavy atom. The molecule has 0 aromatic heterocycles. The maximum absolute atomic E-state index is 12.8. The summed E-state index contributed by atoms with van der Waals surface area (Å²) >= 11 is 6.38. The van der Waals surface area contributed by atoms with Crippen molar-refractivity contribution in [3.8, 4) is 0 Å². The molecule has 2 heterocycles. The van der Waals surface area contributed by atoms with Crippen LogP contribution < -0.4 is 10.8 Å². The Hall–Kier alpha value is -1.08. The van der Waals surface area contributed by atoms with Gasteiger partial charge in [-0.2, -0.15) is 0 Å². The molecule has 0 saturated carbocycles. The van der Waals surface area contributed by atoms with E-state index in [4.69, 9.17) is 20.9 Å². The Labute approximate surface area is 155 Å². The normalized spacial score (nSPS) is 24.6. The second-order valence-electron chi connectivity index (χ2n) is 7.89. The molecule has 1 N–H and O–H groups in total. The highest BCUT2D eigenvalue weighted by molar-refractivity contribution is 6.65. The number of benzene rings is 1. The second-order valence-corrected chi connectivity index (χ2v) is 8.29. The number of likely N-dealkylation sites (N-methyl/N-ethyl adjacent to an activating group) is 1. The smallest absolute Gasteiger partial charge is 0.399 e. The lowest BCUT2D eigenvalue weighted by Gasteiger charge is -2.32. The zero-order chi connectivity index (χ0) is 18.4. The Morgan fingerprint density at radius 3 is 2.48 bits per heavy atom. The van der Waals surface area contributed by atoms with Gasteiger partial charge in [0.1, 0.15) is 0 Å². The highest BCUT2D eigenvalue weighted by Gasteiger charge is 2.52. The van der Waals surface area contributed by atoms with Gasteiger partial charge in [-0.3, -0.25) is 4.79 Å². The fourth-order valence-electron chi connectivity index (χ4n) is 3.17. The van der Waals surface area contributed by atoms with Gasteiger partial charge in [-0.05, 0) is 58.9 Å². The predicted molar refractivity (Wildman–Crippen MR) is 101 cm³/mol. The molecule has 1 amide bonds. The number of hydrogen-bond donors (Lipinski definition) is 1. The molecule has 0 radical (unpaired) electrons. The Bertz CT molecular complexity index is 658. The predicted octanol–water partition coefficient (Wildman–Crippen LogP) is 2.07. The first kappa shape index (κ1) is 18.7. The summed E-state index contributed by atoms with van der Waals surface area (Å²) in [6.45, 7) is 9.77. The van der Waals surface area contributed by atoms with E-state index in [9.17, 15) is 4.79 Å². The van der Waals surface area contributed by atoms with Crippen molar-refractivity contribution in [2.75, 3.05) is 20.1 Å². The van der Waals surface area contributed by atoms with Crippen LogP contribution in [-0.4, -0.2) is 55.3 Å². The number of carbonyl (C=O) groups excluding carboxylic acids is 1. The zero-order valence-corrected chi connectivity index (χ0v) is 16.3. The Balaban J connectivity index is 1.85. The molecule has 136 valence electrons. The molecule has 0 aliphatic carbocycles. The molecule has 5 nitrogen and oxygen atoms in total. The van der Waals surface area contributed by atoms with Crippen molar-refractivity contribution in [1.82, 2.24) is 10.2 Å². The molecule has 2 aliphatic heterocycles. The molecular weight excluding hydrogens is 338 g/mol. The first-order valence-corrected chi connectivity index (χ1v) is 9.13. The number of hydrogen-bond acceptors (Lipinski definition) is 4. The Morgan fingerprint density at radius 2 is 1.92 bits per heavy atom. The summed E-state index contributed by atoms with van der Waals surface area (Å²) in [4.78, 5) is 14.6. The minimum Gasteiger partial charge on any atom is -0.399 e. The third kappa shape index (κ3) is 3.45. The van der Waals surface area contributed by atoms with E-state index in [1.54, 1.807) is 23.1 Å². The van der Waals surface area contributed by atoms with E-state index in [0.29, 0.717) is 16.0 Å². The second kappa shape index (κ2) is 6.58. The van der Waals surface area contributed by atoms with Gasteiger partial charge in [0.2, 0.25) is 0 Å². The summed E-state index contributed by atoms with van der Waals surface area (Å²) in [5.74, 6) is -0.0110. The van der Waals surface area contributed by atoms with Crippen LogP contribution in [0, 0.1) is 0 Å². The van der Waals surface area contributed by atoms with Crippen molar-refractivity contribution in [2.24, 2.45) is 0 Å². The van der Waals surface area contributed by atoms with Gasteiger partial charge in [0, 0.05) is 35.7 Å². The molecule has 1 atom stereocenters. The van der Waals surface area contributed by atoms with Gasteiger partial charge in [-0.15, -0.1) is 0 Å². The molecule has 0 unspecified atom stereocenters. The number of rotatable bonds is 3. The summed E-state index contributed by atoms with van der Waals surface area (Å²) < 4.78 is 12.2. The quantitative estimate of drug-likeness (QED) is 0.834. The van der Waals surface area contributed by atoms with Crippen molar-refractivity contribution >= 4 is 30.1 Å². The summed E-state index contributed by atoms with van der Waals surface area (Å²) in [5.41, 5.74) is 0.397. The van der Waals surface area contributed by atoms with Crippen LogP contribution in [0.25, 0.3) is 0 Å². The molecule has 1 aromatic carbocycles. The third-order valence-corrected chi connectivity index (χ3v) is 6.00. The topological polar surface area (TPSA) is 50.8 Å². The fourth-order valence-corrected chi connectivity index (χ4v) is 3.37. The molecule has 1 aromatic rings. The van der Waals surface area contributed by atoms with Crippen LogP contribution in [0.1, 0.15) is 44.5 Å². The lowest BCUT2D eigenvalue weighted by atomic mass is 9.78. The highest BCUT2D eigenvalue weighted by Crippen LogP contribution is 2.37. The van der Waals surface area contributed by atoms with Crippen LogP contribution in [0.5, 0.6) is 0 Å². The van der Waals surface area contributed by atoms with Gasteiger partial charge in [-0.1, -0.05) is 11.6 Å². The molecule has 25 heavy (non-hydrogen) atoms. The van der Waals surface area contributed by atoms with Gasteiger partial charge in [0.05, 0.1) is 11.2 Å². The average molecular weight is 365 g/mol. The standard InChI is InChI=1S/C18H26BClN2O3/c1-17(2)18(3,4)25-19(24-17)14-10-12(6-7-15(14)20)16(23)22(5)13-8-9-21-11-13/h6-7,10,13,21H,8-9,11H2,1-5H3/t13-/m1/s1. The molecule has 0 spiro atoms. The van der Waals surface area contributed by atoms with Crippen molar-refractivity contribution < 1.29 is 14.1 Å². The Kier molecular flexibility index (Phi) is 4.92. The van der Waals surface area contributed by atoms with Crippen LogP contribution in [-0.2, 0) is 9.31 Å². The zero-order valence-electron chi connectivity index (χ0n) is 15.6. The van der Waals surface area contributed by atoms with E-state index in [1.165, 1.54) is 0 Å². The molecule has 3 rings (SSSR count). The third-order valence-electron chi connectivity index (χ3n) is 5.65. The van der Waals surface area contributed by atoms with Gasteiger partial charge >= 0.3 is 7.12 Å². The van der Waals surface area contributed by atoms with Crippen LogP contribution in [0.15, 0.2) is 18.2 Å². The number of carbonyl (C=O) groups is 1. The van der Waals surface area contributed by atoms with Crippen molar-refractivity contribution in [3.63, 3.8) is 0 Å². The van der Waals surface area contributed by atoms with Crippen LogP contribution in [0.2, 0.25) is 5.02 Å². The van der Waals surface area contributed by atoms with Gasteiger partial charge in [0.25, 0.3) is 5.91 Å². The van der Waals surface area contributed by atoms with Crippen LogP contribution in [0.3, 0.4) is 0 Å². The molecule has 2 fully saturated rings. The van der Waals surface area contributed by atoms with E-state index in [0.717, 1.165) is 19.5 Å². The van der Waals surface area contributed by atoms with E-state index < -0.39 is 18.3 Å². The maximum Gasteiger partial charge on any atom is 0.496 e. The molecule has 0 bridgehead atoms. The number of halogens is 1. The first-order chi connectivity index (χ1) is 11.6. The van der Waals surface area contributed by atoms with Crippen LogP contribution >= 0.6 is 11.6 Å². The number of nitrogens with zero attached hydrogens (tertiary/aromatic N) is 1. The van der Waals surface area contributed by atoms with Crippen molar-refractivity contribution in [3.05, 3.63) is 28.8 Å². The van der Waals surface area contributed by atoms with Crippen molar-refractivity contribution in [2.45, 2.75) is 51.4 Å². The van der Waals surface area contributed by atoms with Gasteiger partial charge < -0.3 is 19.5 Å². The fraction of sp³-hybridized carbons (Fsp3) is 0.611. The summed E-state index contributed by atoms with van der Waals surface area (Å²) in [7, 11) is 1.27. The lowest BCUT2D eigenvalue weighted by Crippen LogP contribution is -2.41. The van der Waals surface area contributed by atoms with Crippen LogP contribution in [0.4, 0.5) is 0 Å². The molecule has 2 aliphatic rings. The summed E-state index contributed by atoms with van der Waals surface area (Å²) in [6, 6.07) is 5.53. The first-order valence-electron chi connectivity index (χ1n) is 8.75. The van der Waals surface area contributed by atoms with E-state index in [-0.39, 0.29) is 11.9 Å². The highest BCUT2D eigenvalue weighted by atomic mass is 35.5. The van der Waals surface area contributed by atoms with E-state index in [2.05, 4.69) is 5.32 Å². The molecular formula is C18H26BClN2O3. The number of amides is 1. The average Bonchev–Trinajstić information content (AvgIpc) is 3.13. The monoisotopic (exact) mass is 364 g/mol. The van der Waals surface area contributed by atoms with Crippen molar-refractivity contribution in [1.29, 1.82) is 0 Å². The minimum atomic E-state index is -0.580. The SMILES string of the molecule is CN(C(=O)c1ccc(Cl)c(B2OC(C)(C)C(C)(C)O2)c1)[C@@H]1CCNC1. The van der Waals surface area contributed by atoms with E-state index >= 15 is 0 Å². The van der Waals surface area contributed by atoms with E-state index in [1.807, 2.05) is 34.7 Å². The van der Waals surface area contributed by atoms with Gasteiger partial charge in [-0.25, -0.2) is 0 Å². The minimum absolute atomic E-state index is 0.0110. The summed E-state index contributed by atoms with van der Waals surface area (Å²) in [6.07, 6.45) is 0.972. The number of nitrogens with one attached hydrogen (secondary N) is 1.